The lowest BCUT2D eigenvalue weighted by atomic mass is 9.86. The second kappa shape index (κ2) is 6.57. The molecule has 1 fully saturated rings. The zero-order valence-corrected chi connectivity index (χ0v) is 13.5. The highest BCUT2D eigenvalue weighted by molar-refractivity contribution is 5.83. The standard InChI is InChI=1S/C15H29N3O2/c1-11(2)10-12(19)17-6-8-18(9-7-17)14(20)13(16)15(3,4)5/h11,13H,6-10,16H2,1-5H3/t13-/m1/s1. The lowest BCUT2D eigenvalue weighted by Crippen LogP contribution is -2.57. The molecule has 1 aliphatic rings. The van der Waals surface area contributed by atoms with Gasteiger partial charge in [-0.3, -0.25) is 9.59 Å². The van der Waals surface area contributed by atoms with Gasteiger partial charge in [-0.25, -0.2) is 0 Å². The SMILES string of the molecule is CC(C)CC(=O)N1CCN(C(=O)[C@@H](N)C(C)(C)C)CC1. The molecule has 20 heavy (non-hydrogen) atoms. The average Bonchev–Trinajstić information content (AvgIpc) is 2.35. The molecule has 1 heterocycles. The molecule has 0 bridgehead atoms. The minimum absolute atomic E-state index is 0.00606. The van der Waals surface area contributed by atoms with E-state index in [1.54, 1.807) is 4.90 Å². The van der Waals surface area contributed by atoms with Crippen LogP contribution in [-0.4, -0.2) is 53.8 Å². The number of rotatable bonds is 3. The molecule has 0 unspecified atom stereocenters. The molecule has 0 aliphatic carbocycles. The maximum Gasteiger partial charge on any atom is 0.240 e. The maximum atomic E-state index is 12.3. The summed E-state index contributed by atoms with van der Waals surface area (Å²) >= 11 is 0. The summed E-state index contributed by atoms with van der Waals surface area (Å²) in [6.07, 6.45) is 0.579. The van der Waals surface area contributed by atoms with Crippen molar-refractivity contribution in [2.75, 3.05) is 26.2 Å². The van der Waals surface area contributed by atoms with Crippen LogP contribution in [0.4, 0.5) is 0 Å². The predicted octanol–water partition coefficient (Wildman–Crippen LogP) is 1.08. The fourth-order valence-corrected chi connectivity index (χ4v) is 2.22. The van der Waals surface area contributed by atoms with Gasteiger partial charge in [0, 0.05) is 32.6 Å². The monoisotopic (exact) mass is 283 g/mol. The summed E-state index contributed by atoms with van der Waals surface area (Å²) in [5, 5.41) is 0. The molecule has 0 aromatic heterocycles. The molecule has 5 heteroatoms. The van der Waals surface area contributed by atoms with Crippen molar-refractivity contribution in [1.82, 2.24) is 9.80 Å². The highest BCUT2D eigenvalue weighted by Gasteiger charge is 2.33. The van der Waals surface area contributed by atoms with Crippen LogP contribution in [0.15, 0.2) is 0 Å². The van der Waals surface area contributed by atoms with E-state index in [1.807, 2.05) is 39.5 Å². The Morgan fingerprint density at radius 1 is 1.05 bits per heavy atom. The van der Waals surface area contributed by atoms with E-state index >= 15 is 0 Å². The first kappa shape index (κ1) is 17.0. The Morgan fingerprint density at radius 2 is 1.50 bits per heavy atom. The lowest BCUT2D eigenvalue weighted by Gasteiger charge is -2.38. The van der Waals surface area contributed by atoms with Gasteiger partial charge in [0.1, 0.15) is 0 Å². The van der Waals surface area contributed by atoms with Crippen LogP contribution in [0.1, 0.15) is 41.0 Å². The fourth-order valence-electron chi connectivity index (χ4n) is 2.22. The first-order valence-corrected chi connectivity index (χ1v) is 7.45. The van der Waals surface area contributed by atoms with Gasteiger partial charge in [-0.05, 0) is 11.3 Å². The second-order valence-electron chi connectivity index (χ2n) is 7.15. The summed E-state index contributed by atoms with van der Waals surface area (Å²) in [4.78, 5) is 27.9. The molecule has 2 amide bonds. The number of hydrogen-bond donors (Lipinski definition) is 1. The maximum absolute atomic E-state index is 12.3. The van der Waals surface area contributed by atoms with E-state index in [1.165, 1.54) is 0 Å². The van der Waals surface area contributed by atoms with Crippen molar-refractivity contribution >= 4 is 11.8 Å². The van der Waals surface area contributed by atoms with Crippen LogP contribution in [0, 0.1) is 11.3 Å². The highest BCUT2D eigenvalue weighted by Crippen LogP contribution is 2.20. The molecule has 0 aromatic rings. The number of carbonyl (C=O) groups excluding carboxylic acids is 2. The molecule has 1 rings (SSSR count). The molecular weight excluding hydrogens is 254 g/mol. The van der Waals surface area contributed by atoms with E-state index in [-0.39, 0.29) is 17.2 Å². The fraction of sp³-hybridized carbons (Fsp3) is 0.867. The van der Waals surface area contributed by atoms with Crippen molar-refractivity contribution in [2.45, 2.75) is 47.1 Å². The number of carbonyl (C=O) groups is 2. The molecular formula is C15H29N3O2. The quantitative estimate of drug-likeness (QED) is 0.842. The molecule has 1 saturated heterocycles. The smallest absolute Gasteiger partial charge is 0.240 e. The van der Waals surface area contributed by atoms with E-state index in [0.29, 0.717) is 38.5 Å². The van der Waals surface area contributed by atoms with Gasteiger partial charge in [-0.2, -0.15) is 0 Å². The van der Waals surface area contributed by atoms with Crippen LogP contribution in [0.3, 0.4) is 0 Å². The molecule has 0 spiro atoms. The average molecular weight is 283 g/mol. The van der Waals surface area contributed by atoms with Crippen molar-refractivity contribution in [3.63, 3.8) is 0 Å². The molecule has 0 saturated carbocycles. The number of nitrogens with zero attached hydrogens (tertiary/aromatic N) is 2. The Balaban J connectivity index is 2.50. The van der Waals surface area contributed by atoms with Gasteiger partial charge in [0.2, 0.25) is 11.8 Å². The van der Waals surface area contributed by atoms with E-state index in [9.17, 15) is 9.59 Å². The summed E-state index contributed by atoms with van der Waals surface area (Å²) in [6, 6.07) is -0.486. The normalized spacial score (nSPS) is 18.4. The van der Waals surface area contributed by atoms with Gasteiger partial charge < -0.3 is 15.5 Å². The zero-order chi connectivity index (χ0) is 15.5. The van der Waals surface area contributed by atoms with Crippen molar-refractivity contribution in [3.8, 4) is 0 Å². The van der Waals surface area contributed by atoms with Crippen LogP contribution in [0.2, 0.25) is 0 Å². The zero-order valence-electron chi connectivity index (χ0n) is 13.5. The number of amides is 2. The molecule has 0 aromatic carbocycles. The third-order valence-electron chi connectivity index (χ3n) is 3.73. The van der Waals surface area contributed by atoms with Gasteiger partial charge >= 0.3 is 0 Å². The van der Waals surface area contributed by atoms with Crippen LogP contribution >= 0.6 is 0 Å². The summed E-state index contributed by atoms with van der Waals surface area (Å²) in [5.74, 6) is 0.553. The summed E-state index contributed by atoms with van der Waals surface area (Å²) in [6.45, 7) is 12.4. The summed E-state index contributed by atoms with van der Waals surface area (Å²) < 4.78 is 0. The third kappa shape index (κ3) is 4.47. The summed E-state index contributed by atoms with van der Waals surface area (Å²) in [5.41, 5.74) is 5.78. The van der Waals surface area contributed by atoms with Gasteiger partial charge in [0.15, 0.2) is 0 Å². The first-order chi connectivity index (χ1) is 9.12. The van der Waals surface area contributed by atoms with E-state index in [0.717, 1.165) is 0 Å². The van der Waals surface area contributed by atoms with Gasteiger partial charge in [-0.1, -0.05) is 34.6 Å². The van der Waals surface area contributed by atoms with Crippen LogP contribution in [0.25, 0.3) is 0 Å². The Morgan fingerprint density at radius 3 is 1.90 bits per heavy atom. The molecule has 0 radical (unpaired) electrons. The Bertz CT molecular complexity index is 353. The van der Waals surface area contributed by atoms with Crippen molar-refractivity contribution in [1.29, 1.82) is 0 Å². The van der Waals surface area contributed by atoms with Gasteiger partial charge in [-0.15, -0.1) is 0 Å². The number of nitrogens with two attached hydrogens (primary N) is 1. The molecule has 1 aliphatic heterocycles. The van der Waals surface area contributed by atoms with E-state index in [2.05, 4.69) is 0 Å². The van der Waals surface area contributed by atoms with Crippen molar-refractivity contribution in [2.24, 2.45) is 17.1 Å². The largest absolute Gasteiger partial charge is 0.339 e. The lowest BCUT2D eigenvalue weighted by molar-refractivity contribution is -0.142. The topological polar surface area (TPSA) is 66.6 Å². The van der Waals surface area contributed by atoms with Crippen molar-refractivity contribution in [3.05, 3.63) is 0 Å². The molecule has 1 atom stereocenters. The number of piperazine rings is 1. The highest BCUT2D eigenvalue weighted by atomic mass is 16.2. The summed E-state index contributed by atoms with van der Waals surface area (Å²) in [7, 11) is 0. The molecule has 5 nitrogen and oxygen atoms in total. The Kier molecular flexibility index (Phi) is 5.57. The Labute approximate surface area is 122 Å². The van der Waals surface area contributed by atoms with E-state index < -0.39 is 6.04 Å². The van der Waals surface area contributed by atoms with Crippen LogP contribution < -0.4 is 5.73 Å². The van der Waals surface area contributed by atoms with Gasteiger partial charge in [0.05, 0.1) is 6.04 Å². The third-order valence-corrected chi connectivity index (χ3v) is 3.73. The van der Waals surface area contributed by atoms with Gasteiger partial charge in [0.25, 0.3) is 0 Å². The second-order valence-corrected chi connectivity index (χ2v) is 7.15. The van der Waals surface area contributed by atoms with E-state index in [4.69, 9.17) is 5.73 Å². The van der Waals surface area contributed by atoms with Crippen molar-refractivity contribution < 1.29 is 9.59 Å². The Hall–Kier alpha value is -1.10. The minimum atomic E-state index is -0.486. The minimum Gasteiger partial charge on any atom is -0.339 e. The molecule has 116 valence electrons. The molecule has 2 N–H and O–H groups in total. The van der Waals surface area contributed by atoms with Crippen LogP contribution in [0.5, 0.6) is 0 Å². The first-order valence-electron chi connectivity index (χ1n) is 7.45. The number of hydrogen-bond acceptors (Lipinski definition) is 3. The predicted molar refractivity (Wildman–Crippen MR) is 80.0 cm³/mol. The van der Waals surface area contributed by atoms with Crippen LogP contribution in [-0.2, 0) is 9.59 Å².